The molecule has 1 saturated carbocycles. The van der Waals surface area contributed by atoms with E-state index in [1.54, 1.807) is 6.92 Å². The second-order valence-electron chi connectivity index (χ2n) is 3.89. The number of rotatable bonds is 3. The van der Waals surface area contributed by atoms with Crippen LogP contribution in [0, 0.1) is 0 Å². The Balaban J connectivity index is 2.27. The zero-order valence-electron chi connectivity index (χ0n) is 9.21. The third-order valence-corrected chi connectivity index (χ3v) is 3.15. The van der Waals surface area contributed by atoms with Crippen molar-refractivity contribution >= 4 is 35.0 Å². The van der Waals surface area contributed by atoms with Crippen LogP contribution in [0.5, 0.6) is 0 Å². The van der Waals surface area contributed by atoms with E-state index in [4.69, 9.17) is 23.2 Å². The fraction of sp³-hybridized carbons (Fsp3) is 0.800. The van der Waals surface area contributed by atoms with Crippen LogP contribution in [0.1, 0.15) is 39.0 Å². The first kappa shape index (κ1) is 13.6. The Labute approximate surface area is 105 Å². The minimum Gasteiger partial charge on any atom is -0.317 e. The molecule has 1 rings (SSSR count). The van der Waals surface area contributed by atoms with Crippen LogP contribution in [0.4, 0.5) is 4.79 Å². The van der Waals surface area contributed by atoms with Crippen molar-refractivity contribution in [2.45, 2.75) is 49.9 Å². The summed E-state index contributed by atoms with van der Waals surface area (Å²) in [6.45, 7) is 1.60. The highest BCUT2D eigenvalue weighted by Gasteiger charge is 2.16. The number of halogens is 2. The van der Waals surface area contributed by atoms with Gasteiger partial charge in [0.2, 0.25) is 0 Å². The van der Waals surface area contributed by atoms with E-state index in [1.165, 1.54) is 6.42 Å². The summed E-state index contributed by atoms with van der Waals surface area (Å²) in [6, 6.07) is 0.208. The lowest BCUT2D eigenvalue weighted by Gasteiger charge is -2.21. The minimum atomic E-state index is -0.748. The van der Waals surface area contributed by atoms with Crippen LogP contribution >= 0.6 is 23.2 Å². The molecule has 1 amide bonds. The molecule has 1 N–H and O–H groups in total. The monoisotopic (exact) mass is 266 g/mol. The summed E-state index contributed by atoms with van der Waals surface area (Å²) in [7, 11) is 0. The van der Waals surface area contributed by atoms with E-state index in [-0.39, 0.29) is 6.04 Å². The molecule has 0 aliphatic heterocycles. The van der Waals surface area contributed by atoms with Gasteiger partial charge in [0, 0.05) is 6.04 Å². The highest BCUT2D eigenvalue weighted by atomic mass is 35.5. The molecule has 6 heteroatoms. The van der Waals surface area contributed by atoms with Crippen molar-refractivity contribution < 1.29 is 9.63 Å². The second kappa shape index (κ2) is 6.97. The Morgan fingerprint density at radius 3 is 2.56 bits per heavy atom. The standard InChI is InChI=1S/C10H16Cl2N2O2/c1-7(9(11)12)14-16-10(15)13-8-5-3-2-4-6-8/h8-9H,2-6H2,1H3,(H,13,15)/b14-7+. The molecule has 92 valence electrons. The molecule has 0 unspecified atom stereocenters. The molecular formula is C10H16Cl2N2O2. The predicted octanol–water partition coefficient (Wildman–Crippen LogP) is 3.22. The van der Waals surface area contributed by atoms with Crippen LogP contribution in [-0.4, -0.2) is 22.7 Å². The molecule has 0 aromatic carbocycles. The summed E-state index contributed by atoms with van der Waals surface area (Å²) in [6.07, 6.45) is 5.01. The lowest BCUT2D eigenvalue weighted by molar-refractivity contribution is 0.143. The normalized spacial score (nSPS) is 18.6. The Morgan fingerprint density at radius 1 is 1.38 bits per heavy atom. The molecular weight excluding hydrogens is 251 g/mol. The number of alkyl halides is 2. The van der Waals surface area contributed by atoms with Gasteiger partial charge in [0.15, 0.2) is 0 Å². The smallest absolute Gasteiger partial charge is 0.317 e. The number of hydrogen-bond acceptors (Lipinski definition) is 3. The van der Waals surface area contributed by atoms with Gasteiger partial charge in [0.05, 0.1) is 5.71 Å². The molecule has 1 aliphatic carbocycles. The van der Waals surface area contributed by atoms with Crippen molar-refractivity contribution in [3.05, 3.63) is 0 Å². The number of carbonyl (C=O) groups excluding carboxylic acids is 1. The number of oxime groups is 1. The van der Waals surface area contributed by atoms with E-state index in [1.807, 2.05) is 0 Å². The summed E-state index contributed by atoms with van der Waals surface area (Å²) in [5.74, 6) is 0. The average molecular weight is 267 g/mol. The summed E-state index contributed by atoms with van der Waals surface area (Å²) in [5.41, 5.74) is 0.363. The third kappa shape index (κ3) is 5.03. The maximum absolute atomic E-state index is 11.3. The zero-order valence-corrected chi connectivity index (χ0v) is 10.7. The van der Waals surface area contributed by atoms with Gasteiger partial charge in [-0.15, -0.1) is 0 Å². The van der Waals surface area contributed by atoms with Gasteiger partial charge >= 0.3 is 6.09 Å². The van der Waals surface area contributed by atoms with Gasteiger partial charge in [-0.25, -0.2) is 4.79 Å². The molecule has 4 nitrogen and oxygen atoms in total. The highest BCUT2D eigenvalue weighted by Crippen LogP contribution is 2.17. The first-order valence-corrected chi connectivity index (χ1v) is 6.27. The largest absolute Gasteiger partial charge is 0.433 e. The SMILES string of the molecule is C/C(=N\OC(=O)NC1CCCCC1)C(Cl)Cl. The Kier molecular flexibility index (Phi) is 5.91. The summed E-state index contributed by atoms with van der Waals surface area (Å²) < 4.78 is 0. The van der Waals surface area contributed by atoms with Gasteiger partial charge in [-0.2, -0.15) is 0 Å². The van der Waals surface area contributed by atoms with Crippen molar-refractivity contribution in [3.63, 3.8) is 0 Å². The van der Waals surface area contributed by atoms with Crippen LogP contribution in [0.15, 0.2) is 5.16 Å². The molecule has 16 heavy (non-hydrogen) atoms. The molecule has 0 aromatic heterocycles. The predicted molar refractivity (Wildman–Crippen MR) is 65.1 cm³/mol. The quantitative estimate of drug-likeness (QED) is 0.369. The van der Waals surface area contributed by atoms with Gasteiger partial charge in [0.25, 0.3) is 0 Å². The fourth-order valence-corrected chi connectivity index (χ4v) is 1.67. The Morgan fingerprint density at radius 2 is 2.00 bits per heavy atom. The molecule has 0 heterocycles. The second-order valence-corrected chi connectivity index (χ2v) is 4.99. The van der Waals surface area contributed by atoms with Crippen LogP contribution in [-0.2, 0) is 4.84 Å². The van der Waals surface area contributed by atoms with Crippen molar-refractivity contribution in [2.75, 3.05) is 0 Å². The molecule has 0 atom stereocenters. The summed E-state index contributed by atoms with van der Waals surface area (Å²) >= 11 is 11.1. The van der Waals surface area contributed by atoms with Crippen LogP contribution in [0.2, 0.25) is 0 Å². The topological polar surface area (TPSA) is 50.7 Å². The van der Waals surface area contributed by atoms with Crippen molar-refractivity contribution in [3.8, 4) is 0 Å². The summed E-state index contributed by atoms with van der Waals surface area (Å²) in [4.78, 5) is 15.2. The van der Waals surface area contributed by atoms with Crippen LogP contribution < -0.4 is 5.32 Å². The van der Waals surface area contributed by atoms with E-state index >= 15 is 0 Å². The lowest BCUT2D eigenvalue weighted by Crippen LogP contribution is -2.36. The maximum atomic E-state index is 11.3. The molecule has 0 bridgehead atoms. The van der Waals surface area contributed by atoms with Crippen molar-refractivity contribution in [1.82, 2.24) is 5.32 Å². The number of amides is 1. The zero-order chi connectivity index (χ0) is 12.0. The van der Waals surface area contributed by atoms with Crippen molar-refractivity contribution in [2.24, 2.45) is 5.16 Å². The highest BCUT2D eigenvalue weighted by molar-refractivity contribution is 6.54. The van der Waals surface area contributed by atoms with Gasteiger partial charge in [-0.05, 0) is 19.8 Å². The molecule has 0 saturated heterocycles. The van der Waals surface area contributed by atoms with E-state index < -0.39 is 10.9 Å². The third-order valence-electron chi connectivity index (χ3n) is 2.52. The van der Waals surface area contributed by atoms with Crippen molar-refractivity contribution in [1.29, 1.82) is 0 Å². The molecule has 0 spiro atoms. The Hall–Kier alpha value is -0.480. The molecule has 0 radical (unpaired) electrons. The molecule has 1 fully saturated rings. The van der Waals surface area contributed by atoms with E-state index in [9.17, 15) is 4.79 Å². The number of hydrogen-bond donors (Lipinski definition) is 1. The maximum Gasteiger partial charge on any atom is 0.433 e. The fourth-order valence-electron chi connectivity index (χ4n) is 1.59. The van der Waals surface area contributed by atoms with Crippen LogP contribution in [0.25, 0.3) is 0 Å². The molecule has 1 aliphatic rings. The Bertz CT molecular complexity index is 264. The minimum absolute atomic E-state index is 0.208. The van der Waals surface area contributed by atoms with Gasteiger partial charge < -0.3 is 5.32 Å². The number of nitrogens with zero attached hydrogens (tertiary/aromatic N) is 1. The number of nitrogens with one attached hydrogen (secondary N) is 1. The van der Waals surface area contributed by atoms with E-state index in [0.29, 0.717) is 5.71 Å². The summed E-state index contributed by atoms with van der Waals surface area (Å²) in [5, 5.41) is 6.29. The van der Waals surface area contributed by atoms with E-state index in [0.717, 1.165) is 25.7 Å². The molecule has 0 aromatic rings. The lowest BCUT2D eigenvalue weighted by atomic mass is 9.96. The van der Waals surface area contributed by atoms with Gasteiger partial charge in [-0.3, -0.25) is 4.84 Å². The van der Waals surface area contributed by atoms with Gasteiger partial charge in [-0.1, -0.05) is 47.6 Å². The average Bonchev–Trinajstić information content (AvgIpc) is 2.27. The van der Waals surface area contributed by atoms with Gasteiger partial charge in [0.1, 0.15) is 4.84 Å². The first-order chi connectivity index (χ1) is 7.59. The first-order valence-electron chi connectivity index (χ1n) is 5.39. The van der Waals surface area contributed by atoms with Crippen LogP contribution in [0.3, 0.4) is 0 Å². The van der Waals surface area contributed by atoms with E-state index in [2.05, 4.69) is 15.3 Å². The number of carbonyl (C=O) groups is 1.